The number of ether oxygens (including phenoxy) is 2. The lowest BCUT2D eigenvalue weighted by Gasteiger charge is -2.23. The molecule has 0 aliphatic heterocycles. The first-order valence-electron chi connectivity index (χ1n) is 12.9. The van der Waals surface area contributed by atoms with E-state index in [1.807, 2.05) is 24.4 Å². The van der Waals surface area contributed by atoms with Crippen LogP contribution in [0.15, 0.2) is 47.8 Å². The smallest absolute Gasteiger partial charge is 0.270 e. The molecule has 37 heavy (non-hydrogen) atoms. The standard InChI is InChI=1S/C30H41N3O3S/c1-8-21(2)31-29(34)25-20-37-28(32-25)19-33(18-23-9-12-24(13-10-23)30(3,4)5)16-15-22-11-14-26(35-6)27(17-22)36-7/h9-14,17,20-21H,8,15-16,18-19H2,1-7H3,(H,31,34). The Morgan fingerprint density at radius 3 is 2.32 bits per heavy atom. The summed E-state index contributed by atoms with van der Waals surface area (Å²) in [6.07, 6.45) is 1.74. The molecule has 0 spiro atoms. The quantitative estimate of drug-likeness (QED) is 0.305. The molecule has 1 aromatic heterocycles. The van der Waals surface area contributed by atoms with Crippen LogP contribution in [0.1, 0.15) is 73.2 Å². The first kappa shape index (κ1) is 28.7. The van der Waals surface area contributed by atoms with E-state index in [2.05, 4.69) is 73.2 Å². The summed E-state index contributed by atoms with van der Waals surface area (Å²) in [4.78, 5) is 19.6. The lowest BCUT2D eigenvalue weighted by molar-refractivity contribution is 0.0934. The van der Waals surface area contributed by atoms with Gasteiger partial charge in [-0.05, 0) is 54.0 Å². The van der Waals surface area contributed by atoms with E-state index >= 15 is 0 Å². The fourth-order valence-electron chi connectivity index (χ4n) is 3.98. The van der Waals surface area contributed by atoms with E-state index in [9.17, 15) is 4.79 Å². The SMILES string of the molecule is CCC(C)NC(=O)c1csc(CN(CCc2ccc(OC)c(OC)c2)Cc2ccc(C(C)(C)C)cc2)n1. The first-order valence-corrected chi connectivity index (χ1v) is 13.8. The zero-order chi connectivity index (χ0) is 27.0. The van der Waals surface area contributed by atoms with Crippen LogP contribution >= 0.6 is 11.3 Å². The molecule has 0 bridgehead atoms. The van der Waals surface area contributed by atoms with Crippen molar-refractivity contribution in [2.24, 2.45) is 0 Å². The van der Waals surface area contributed by atoms with Gasteiger partial charge in [0.15, 0.2) is 11.5 Å². The number of nitrogens with one attached hydrogen (secondary N) is 1. The van der Waals surface area contributed by atoms with Crippen molar-refractivity contribution in [3.8, 4) is 11.5 Å². The van der Waals surface area contributed by atoms with E-state index in [4.69, 9.17) is 9.47 Å². The zero-order valence-corrected chi connectivity index (χ0v) is 24.1. The number of hydrogen-bond donors (Lipinski definition) is 1. The highest BCUT2D eigenvalue weighted by molar-refractivity contribution is 7.09. The van der Waals surface area contributed by atoms with Gasteiger partial charge in [0.05, 0.1) is 20.8 Å². The van der Waals surface area contributed by atoms with Crippen LogP contribution in [0.25, 0.3) is 0 Å². The Hall–Kier alpha value is -2.90. The highest BCUT2D eigenvalue weighted by atomic mass is 32.1. The van der Waals surface area contributed by atoms with E-state index in [1.165, 1.54) is 28.0 Å². The summed E-state index contributed by atoms with van der Waals surface area (Å²) >= 11 is 1.54. The van der Waals surface area contributed by atoms with Gasteiger partial charge in [-0.3, -0.25) is 9.69 Å². The van der Waals surface area contributed by atoms with Crippen molar-refractivity contribution in [1.29, 1.82) is 0 Å². The van der Waals surface area contributed by atoms with E-state index in [1.54, 1.807) is 14.2 Å². The predicted molar refractivity (Wildman–Crippen MR) is 152 cm³/mol. The van der Waals surface area contributed by atoms with Crippen LogP contribution in [-0.2, 0) is 24.9 Å². The van der Waals surface area contributed by atoms with Gasteiger partial charge in [-0.2, -0.15) is 0 Å². The molecule has 0 fully saturated rings. The summed E-state index contributed by atoms with van der Waals surface area (Å²) in [5.74, 6) is 1.36. The Bertz CT molecular complexity index is 1150. The molecule has 1 heterocycles. The molecular formula is C30H41N3O3S. The van der Waals surface area contributed by atoms with E-state index < -0.39 is 0 Å². The Balaban J connectivity index is 1.76. The van der Waals surface area contributed by atoms with Gasteiger partial charge in [0.1, 0.15) is 10.7 Å². The predicted octanol–water partition coefficient (Wildman–Crippen LogP) is 6.23. The van der Waals surface area contributed by atoms with Crippen LogP contribution in [0, 0.1) is 0 Å². The molecule has 0 radical (unpaired) electrons. The number of nitrogens with zero attached hydrogens (tertiary/aromatic N) is 2. The highest BCUT2D eigenvalue weighted by Crippen LogP contribution is 2.28. The molecular weight excluding hydrogens is 482 g/mol. The maximum absolute atomic E-state index is 12.5. The van der Waals surface area contributed by atoms with Crippen LogP contribution in [0.2, 0.25) is 0 Å². The molecule has 1 amide bonds. The number of hydrogen-bond acceptors (Lipinski definition) is 6. The molecule has 6 nitrogen and oxygen atoms in total. The maximum atomic E-state index is 12.5. The molecule has 0 aliphatic carbocycles. The summed E-state index contributed by atoms with van der Waals surface area (Å²) in [6, 6.07) is 15.1. The van der Waals surface area contributed by atoms with Crippen molar-refractivity contribution in [2.75, 3.05) is 20.8 Å². The second kappa shape index (κ2) is 13.1. The summed E-state index contributed by atoms with van der Waals surface area (Å²) in [5.41, 5.74) is 4.38. The molecule has 0 saturated carbocycles. The van der Waals surface area contributed by atoms with E-state index in [-0.39, 0.29) is 17.4 Å². The van der Waals surface area contributed by atoms with Crippen LogP contribution in [-0.4, -0.2) is 42.6 Å². The third-order valence-corrected chi connectivity index (χ3v) is 7.36. The van der Waals surface area contributed by atoms with Gasteiger partial charge in [-0.25, -0.2) is 4.98 Å². The number of carbonyl (C=O) groups excluding carboxylic acids is 1. The van der Waals surface area contributed by atoms with Crippen LogP contribution < -0.4 is 14.8 Å². The van der Waals surface area contributed by atoms with E-state index in [0.29, 0.717) is 12.2 Å². The van der Waals surface area contributed by atoms with Crippen LogP contribution in [0.4, 0.5) is 0 Å². The summed E-state index contributed by atoms with van der Waals surface area (Å²) in [6.45, 7) is 13.1. The number of aromatic nitrogens is 1. The number of benzene rings is 2. The average Bonchev–Trinajstić information content (AvgIpc) is 3.35. The Labute approximate surface area is 226 Å². The minimum absolute atomic E-state index is 0.105. The molecule has 0 aliphatic rings. The average molecular weight is 524 g/mol. The summed E-state index contributed by atoms with van der Waals surface area (Å²) < 4.78 is 10.9. The van der Waals surface area contributed by atoms with Crippen molar-refractivity contribution >= 4 is 17.2 Å². The zero-order valence-electron chi connectivity index (χ0n) is 23.3. The summed E-state index contributed by atoms with van der Waals surface area (Å²) in [7, 11) is 3.31. The number of methoxy groups -OCH3 is 2. The fourth-order valence-corrected chi connectivity index (χ4v) is 4.80. The third kappa shape index (κ3) is 8.30. The second-order valence-electron chi connectivity index (χ2n) is 10.5. The molecule has 1 unspecified atom stereocenters. The van der Waals surface area contributed by atoms with Gasteiger partial charge >= 0.3 is 0 Å². The molecule has 3 rings (SSSR count). The Morgan fingerprint density at radius 2 is 1.70 bits per heavy atom. The van der Waals surface area contributed by atoms with Crippen molar-refractivity contribution < 1.29 is 14.3 Å². The van der Waals surface area contributed by atoms with Crippen molar-refractivity contribution in [3.05, 3.63) is 75.2 Å². The molecule has 1 N–H and O–H groups in total. The first-order chi connectivity index (χ1) is 17.6. The van der Waals surface area contributed by atoms with Crippen molar-refractivity contribution in [3.63, 3.8) is 0 Å². The van der Waals surface area contributed by atoms with Gasteiger partial charge in [0, 0.05) is 24.5 Å². The van der Waals surface area contributed by atoms with Crippen LogP contribution in [0.5, 0.6) is 11.5 Å². The van der Waals surface area contributed by atoms with Gasteiger partial charge in [-0.1, -0.05) is 58.0 Å². The number of carbonyl (C=O) groups is 1. The Morgan fingerprint density at radius 1 is 1.03 bits per heavy atom. The lowest BCUT2D eigenvalue weighted by Crippen LogP contribution is -2.32. The molecule has 200 valence electrons. The van der Waals surface area contributed by atoms with Crippen molar-refractivity contribution in [2.45, 2.75) is 72.0 Å². The largest absolute Gasteiger partial charge is 0.493 e. The minimum Gasteiger partial charge on any atom is -0.493 e. The van der Waals surface area contributed by atoms with Gasteiger partial charge < -0.3 is 14.8 Å². The van der Waals surface area contributed by atoms with Gasteiger partial charge in [-0.15, -0.1) is 11.3 Å². The fraction of sp³-hybridized carbons (Fsp3) is 0.467. The lowest BCUT2D eigenvalue weighted by atomic mass is 9.87. The normalized spacial score (nSPS) is 12.4. The molecule has 7 heteroatoms. The van der Waals surface area contributed by atoms with Gasteiger partial charge in [0.25, 0.3) is 5.91 Å². The van der Waals surface area contributed by atoms with Gasteiger partial charge in [0.2, 0.25) is 0 Å². The maximum Gasteiger partial charge on any atom is 0.270 e. The number of rotatable bonds is 12. The minimum atomic E-state index is -0.105. The number of thiazole rings is 1. The molecule has 1 atom stereocenters. The molecule has 3 aromatic rings. The second-order valence-corrected chi connectivity index (χ2v) is 11.4. The van der Waals surface area contributed by atoms with Crippen molar-refractivity contribution in [1.82, 2.24) is 15.2 Å². The summed E-state index contributed by atoms with van der Waals surface area (Å²) in [5, 5.41) is 5.80. The topological polar surface area (TPSA) is 63.7 Å². The van der Waals surface area contributed by atoms with Crippen LogP contribution in [0.3, 0.4) is 0 Å². The highest BCUT2D eigenvalue weighted by Gasteiger charge is 2.17. The third-order valence-electron chi connectivity index (χ3n) is 6.52. The number of amides is 1. The monoisotopic (exact) mass is 523 g/mol. The molecule has 2 aromatic carbocycles. The van der Waals surface area contributed by atoms with E-state index in [0.717, 1.165) is 42.4 Å². The molecule has 0 saturated heterocycles. The Kier molecular flexibility index (Phi) is 10.1.